The number of hydrogen-bond donors (Lipinski definition) is 1. The fourth-order valence-electron chi connectivity index (χ4n) is 5.64. The number of rotatable bonds is 13. The van der Waals surface area contributed by atoms with Crippen molar-refractivity contribution in [2.75, 3.05) is 27.9 Å². The fourth-order valence-corrected chi connectivity index (χ4v) is 10.2. The molecule has 0 aromatic heterocycles. The van der Waals surface area contributed by atoms with E-state index in [0.29, 0.717) is 23.6 Å². The normalized spacial score (nSPS) is 12.4. The molecule has 1 atom stereocenters. The van der Waals surface area contributed by atoms with Gasteiger partial charge >= 0.3 is 5.69 Å². The van der Waals surface area contributed by atoms with E-state index in [-0.39, 0.29) is 23.1 Å². The number of nitro groups is 1. The van der Waals surface area contributed by atoms with E-state index in [0.717, 1.165) is 15.9 Å². The molecule has 0 saturated heterocycles. The van der Waals surface area contributed by atoms with E-state index in [1.807, 2.05) is 60.7 Å². The number of nitrogens with zero attached hydrogens (tertiary/aromatic N) is 1. The van der Waals surface area contributed by atoms with E-state index in [9.17, 15) is 10.1 Å². The highest BCUT2D eigenvalue weighted by Gasteiger charge is 2.50. The molecule has 0 aliphatic rings. The molecule has 0 aliphatic carbocycles. The van der Waals surface area contributed by atoms with Gasteiger partial charge in [0.2, 0.25) is 5.75 Å². The van der Waals surface area contributed by atoms with Crippen LogP contribution in [-0.2, 0) is 11.0 Å². The molecule has 0 aliphatic heterocycles. The number of nitrogens with one attached hydrogen (secondary N) is 1. The summed E-state index contributed by atoms with van der Waals surface area (Å²) in [7, 11) is 1.76. The topological polar surface area (TPSA) is 92.1 Å². The lowest BCUT2D eigenvalue weighted by molar-refractivity contribution is -0.385. The van der Waals surface area contributed by atoms with Gasteiger partial charge in [0.25, 0.3) is 8.32 Å². The summed E-state index contributed by atoms with van der Waals surface area (Å²) in [5.74, 6) is 1.47. The molecule has 43 heavy (non-hydrogen) atoms. The van der Waals surface area contributed by atoms with Crippen LogP contribution in [0.25, 0.3) is 0 Å². The van der Waals surface area contributed by atoms with Crippen LogP contribution in [0.3, 0.4) is 0 Å². The van der Waals surface area contributed by atoms with E-state index in [4.69, 9.17) is 18.6 Å². The molecule has 0 radical (unpaired) electrons. The lowest BCUT2D eigenvalue weighted by atomic mass is 10.0. The summed E-state index contributed by atoms with van der Waals surface area (Å²) < 4.78 is 23.8. The molecule has 4 rings (SSSR count). The van der Waals surface area contributed by atoms with E-state index in [1.165, 1.54) is 13.2 Å². The smallest absolute Gasteiger partial charge is 0.311 e. The second-order valence-electron chi connectivity index (χ2n) is 11.3. The first-order chi connectivity index (χ1) is 20.7. The molecule has 0 unspecified atom stereocenters. The lowest BCUT2D eigenvalue weighted by Crippen LogP contribution is -2.67. The fraction of sp³-hybridized carbons (Fsp3) is 0.294. The van der Waals surface area contributed by atoms with Crippen LogP contribution >= 0.6 is 0 Å². The number of para-hydroxylation sites is 1. The Labute approximate surface area is 254 Å². The second kappa shape index (κ2) is 13.9. The van der Waals surface area contributed by atoms with Crippen molar-refractivity contribution < 1.29 is 23.6 Å². The largest absolute Gasteiger partial charge is 0.493 e. The second-order valence-corrected chi connectivity index (χ2v) is 15.6. The Morgan fingerprint density at radius 1 is 0.791 bits per heavy atom. The summed E-state index contributed by atoms with van der Waals surface area (Å²) >= 11 is 0. The van der Waals surface area contributed by atoms with Gasteiger partial charge in [-0.1, -0.05) is 99.6 Å². The number of hydrogen-bond acceptors (Lipinski definition) is 7. The third-order valence-electron chi connectivity index (χ3n) is 7.68. The average Bonchev–Trinajstić information content (AvgIpc) is 3.02. The van der Waals surface area contributed by atoms with Crippen LogP contribution in [-0.4, -0.2) is 41.2 Å². The van der Waals surface area contributed by atoms with Crippen LogP contribution < -0.4 is 29.9 Å². The number of nitro benzene ring substituents is 1. The van der Waals surface area contributed by atoms with Gasteiger partial charge in [0.15, 0.2) is 11.5 Å². The third kappa shape index (κ3) is 6.74. The molecule has 9 heteroatoms. The molecule has 4 aromatic rings. The average molecular weight is 601 g/mol. The molecule has 226 valence electrons. The van der Waals surface area contributed by atoms with E-state index >= 15 is 0 Å². The zero-order chi connectivity index (χ0) is 31.0. The Balaban J connectivity index is 1.80. The minimum absolute atomic E-state index is 0.0941. The van der Waals surface area contributed by atoms with Crippen molar-refractivity contribution in [3.05, 3.63) is 118 Å². The Kier molecular flexibility index (Phi) is 10.2. The number of benzene rings is 4. The van der Waals surface area contributed by atoms with Crippen molar-refractivity contribution in [3.63, 3.8) is 0 Å². The molecule has 0 amide bonds. The highest BCUT2D eigenvalue weighted by Crippen LogP contribution is 2.39. The zero-order valence-corrected chi connectivity index (χ0v) is 26.6. The standard InChI is InChI=1S/C34H40N2O6Si/c1-34(2,3)43(26-14-9-7-10-15-26,27-16-11-8-12-17-27)42-24-29(28-18-13-19-30(36(37)38)33(28)41-6)35-23-25-20-21-31(39-4)32(22-25)40-5/h7-22,29,35H,23-24H2,1-6H3/t29-/m0/s1. The summed E-state index contributed by atoms with van der Waals surface area (Å²) in [6, 6.07) is 31.1. The van der Waals surface area contributed by atoms with Gasteiger partial charge < -0.3 is 24.0 Å². The van der Waals surface area contributed by atoms with Gasteiger partial charge in [-0.15, -0.1) is 0 Å². The summed E-state index contributed by atoms with van der Waals surface area (Å²) in [5.41, 5.74) is 1.51. The van der Waals surface area contributed by atoms with Crippen molar-refractivity contribution in [1.82, 2.24) is 5.32 Å². The summed E-state index contributed by atoms with van der Waals surface area (Å²) in [6.45, 7) is 7.36. The molecule has 4 aromatic carbocycles. The van der Waals surface area contributed by atoms with Crippen molar-refractivity contribution in [3.8, 4) is 17.2 Å². The molecular weight excluding hydrogens is 560 g/mol. The van der Waals surface area contributed by atoms with Crippen LogP contribution in [0, 0.1) is 10.1 Å². The maximum Gasteiger partial charge on any atom is 0.311 e. The Morgan fingerprint density at radius 2 is 1.40 bits per heavy atom. The Morgan fingerprint density at radius 3 is 1.91 bits per heavy atom. The van der Waals surface area contributed by atoms with Gasteiger partial charge in [-0.2, -0.15) is 0 Å². The molecule has 0 spiro atoms. The monoisotopic (exact) mass is 600 g/mol. The molecule has 1 N–H and O–H groups in total. The van der Waals surface area contributed by atoms with Crippen LogP contribution in [0.4, 0.5) is 5.69 Å². The summed E-state index contributed by atoms with van der Waals surface area (Å²) in [4.78, 5) is 11.5. The minimum Gasteiger partial charge on any atom is -0.493 e. The van der Waals surface area contributed by atoms with Gasteiger partial charge in [0.1, 0.15) is 0 Å². The molecule has 0 bridgehead atoms. The van der Waals surface area contributed by atoms with Crippen LogP contribution in [0.15, 0.2) is 97.1 Å². The van der Waals surface area contributed by atoms with E-state index in [2.05, 4.69) is 50.4 Å². The minimum atomic E-state index is -2.89. The van der Waals surface area contributed by atoms with E-state index < -0.39 is 19.3 Å². The maximum atomic E-state index is 11.9. The summed E-state index contributed by atoms with van der Waals surface area (Å²) in [6.07, 6.45) is 0. The zero-order valence-electron chi connectivity index (χ0n) is 25.6. The quantitative estimate of drug-likeness (QED) is 0.114. The predicted molar refractivity (Wildman–Crippen MR) is 172 cm³/mol. The third-order valence-corrected chi connectivity index (χ3v) is 12.7. The molecule has 0 saturated carbocycles. The lowest BCUT2D eigenvalue weighted by Gasteiger charge is -2.43. The van der Waals surface area contributed by atoms with Gasteiger partial charge in [-0.3, -0.25) is 10.1 Å². The molecule has 0 heterocycles. The maximum absolute atomic E-state index is 11.9. The first-order valence-corrected chi connectivity index (χ1v) is 16.1. The van der Waals surface area contributed by atoms with Crippen molar-refractivity contribution in [1.29, 1.82) is 0 Å². The highest BCUT2D eigenvalue weighted by molar-refractivity contribution is 6.99. The molecule has 8 nitrogen and oxygen atoms in total. The summed E-state index contributed by atoms with van der Waals surface area (Å²) in [5, 5.41) is 17.6. The number of methoxy groups -OCH3 is 3. The SMILES string of the molecule is COc1ccc(CN[C@@H](CO[Si](c2ccccc2)(c2ccccc2)C(C)(C)C)c2cccc([N+](=O)[O-])c2OC)cc1OC. The van der Waals surface area contributed by atoms with E-state index in [1.54, 1.807) is 20.3 Å². The Hall–Kier alpha value is -4.18. The first-order valence-electron chi connectivity index (χ1n) is 14.2. The van der Waals surface area contributed by atoms with Gasteiger partial charge in [0, 0.05) is 18.2 Å². The van der Waals surface area contributed by atoms with Crippen LogP contribution in [0.1, 0.15) is 37.9 Å². The molecular formula is C34H40N2O6Si. The van der Waals surface area contributed by atoms with Crippen molar-refractivity contribution in [2.24, 2.45) is 0 Å². The van der Waals surface area contributed by atoms with Crippen molar-refractivity contribution in [2.45, 2.75) is 38.4 Å². The number of ether oxygens (including phenoxy) is 3. The van der Waals surface area contributed by atoms with Gasteiger partial charge in [-0.05, 0) is 33.1 Å². The van der Waals surface area contributed by atoms with Crippen LogP contribution in [0.5, 0.6) is 17.2 Å². The Bertz CT molecular complexity index is 1470. The van der Waals surface area contributed by atoms with Gasteiger partial charge in [0.05, 0.1) is 38.9 Å². The van der Waals surface area contributed by atoms with Crippen molar-refractivity contribution >= 4 is 24.4 Å². The highest BCUT2D eigenvalue weighted by atomic mass is 28.4. The molecule has 0 fully saturated rings. The van der Waals surface area contributed by atoms with Gasteiger partial charge in [-0.25, -0.2) is 0 Å². The first kappa shape index (κ1) is 31.7. The predicted octanol–water partition coefficient (Wildman–Crippen LogP) is 6.03. The van der Waals surface area contributed by atoms with Crippen LogP contribution in [0.2, 0.25) is 5.04 Å².